The summed E-state index contributed by atoms with van der Waals surface area (Å²) in [7, 11) is 1.62. The molecule has 1 aliphatic heterocycles. The molecule has 5 heteroatoms. The number of aliphatic hydroxyl groups excluding tert-OH is 1. The van der Waals surface area contributed by atoms with Crippen LogP contribution in [0.2, 0.25) is 5.02 Å². The molecule has 0 radical (unpaired) electrons. The van der Waals surface area contributed by atoms with Gasteiger partial charge in [0.15, 0.2) is 11.5 Å². The summed E-state index contributed by atoms with van der Waals surface area (Å²) in [5.74, 6) is 1.87. The van der Waals surface area contributed by atoms with Crippen LogP contribution in [0.4, 0.5) is 0 Å². The van der Waals surface area contributed by atoms with Crippen molar-refractivity contribution >= 4 is 11.6 Å². The summed E-state index contributed by atoms with van der Waals surface area (Å²) in [4.78, 5) is 0. The molecule has 0 amide bonds. The first-order chi connectivity index (χ1) is 10.2. The molecule has 0 fully saturated rings. The quantitative estimate of drug-likeness (QED) is 0.941. The molecule has 3 rings (SSSR count). The summed E-state index contributed by atoms with van der Waals surface area (Å²) in [5, 5.41) is 10.8. The van der Waals surface area contributed by atoms with E-state index in [1.807, 2.05) is 24.3 Å². The summed E-state index contributed by atoms with van der Waals surface area (Å²) < 4.78 is 15.8. The number of fused-ring (bicyclic) bond motifs is 1. The maximum Gasteiger partial charge on any atom is 0.231 e. The molecule has 1 aliphatic rings. The van der Waals surface area contributed by atoms with Crippen molar-refractivity contribution in [2.45, 2.75) is 12.5 Å². The highest BCUT2D eigenvalue weighted by Crippen LogP contribution is 2.41. The van der Waals surface area contributed by atoms with Crippen molar-refractivity contribution < 1.29 is 19.3 Å². The standard InChI is InChI=1S/C16H15ClO4/c1-19-12-4-2-3-10(5-12)6-14(18)11-7-13(17)16-15(8-11)20-9-21-16/h2-5,7-8,14,18H,6,9H2,1H3. The Labute approximate surface area is 127 Å². The van der Waals surface area contributed by atoms with Gasteiger partial charge in [-0.05, 0) is 35.4 Å². The smallest absolute Gasteiger partial charge is 0.231 e. The van der Waals surface area contributed by atoms with Crippen molar-refractivity contribution in [1.82, 2.24) is 0 Å². The van der Waals surface area contributed by atoms with Gasteiger partial charge in [-0.15, -0.1) is 0 Å². The zero-order chi connectivity index (χ0) is 14.8. The number of halogens is 1. The largest absolute Gasteiger partial charge is 0.497 e. The topological polar surface area (TPSA) is 47.9 Å². The van der Waals surface area contributed by atoms with Crippen LogP contribution in [0, 0.1) is 0 Å². The van der Waals surface area contributed by atoms with Gasteiger partial charge in [0.1, 0.15) is 5.75 Å². The van der Waals surface area contributed by atoms with Crippen molar-refractivity contribution in [3.8, 4) is 17.2 Å². The Morgan fingerprint density at radius 3 is 2.95 bits per heavy atom. The Bertz CT molecular complexity index is 657. The minimum atomic E-state index is -0.677. The molecule has 2 aromatic carbocycles. The molecule has 0 aromatic heterocycles. The van der Waals surface area contributed by atoms with Crippen LogP contribution in [0.5, 0.6) is 17.2 Å². The maximum absolute atomic E-state index is 10.4. The number of hydrogen-bond donors (Lipinski definition) is 1. The predicted molar refractivity (Wildman–Crippen MR) is 79.2 cm³/mol. The first-order valence-corrected chi connectivity index (χ1v) is 6.95. The molecule has 4 nitrogen and oxygen atoms in total. The second-order valence-corrected chi connectivity index (χ2v) is 5.22. The molecule has 1 N–H and O–H groups in total. The van der Waals surface area contributed by atoms with Crippen molar-refractivity contribution in [1.29, 1.82) is 0 Å². The van der Waals surface area contributed by atoms with E-state index in [4.69, 9.17) is 25.8 Å². The summed E-state index contributed by atoms with van der Waals surface area (Å²) in [5.41, 5.74) is 1.68. The summed E-state index contributed by atoms with van der Waals surface area (Å²) >= 11 is 6.13. The van der Waals surface area contributed by atoms with E-state index in [9.17, 15) is 5.11 Å². The SMILES string of the molecule is COc1cccc(CC(O)c2cc(Cl)c3c(c2)OCO3)c1. The van der Waals surface area contributed by atoms with Crippen LogP contribution in [-0.2, 0) is 6.42 Å². The fourth-order valence-corrected chi connectivity index (χ4v) is 2.59. The van der Waals surface area contributed by atoms with Gasteiger partial charge in [-0.2, -0.15) is 0 Å². The molecule has 2 aromatic rings. The fraction of sp³-hybridized carbons (Fsp3) is 0.250. The van der Waals surface area contributed by atoms with Crippen LogP contribution in [0.3, 0.4) is 0 Å². The minimum absolute atomic E-state index is 0.157. The molecule has 1 heterocycles. The first kappa shape index (κ1) is 14.0. The molecule has 21 heavy (non-hydrogen) atoms. The molecule has 1 unspecified atom stereocenters. The summed E-state index contributed by atoms with van der Waals surface area (Å²) in [6, 6.07) is 11.1. The highest BCUT2D eigenvalue weighted by Gasteiger charge is 2.21. The van der Waals surface area contributed by atoms with E-state index in [0.717, 1.165) is 11.3 Å². The van der Waals surface area contributed by atoms with Gasteiger partial charge in [-0.25, -0.2) is 0 Å². The highest BCUT2D eigenvalue weighted by molar-refractivity contribution is 6.32. The Balaban J connectivity index is 1.82. The third-order valence-electron chi connectivity index (χ3n) is 3.40. The number of hydrogen-bond acceptors (Lipinski definition) is 4. The summed E-state index contributed by atoms with van der Waals surface area (Å²) in [6.07, 6.45) is -0.211. The Morgan fingerprint density at radius 1 is 1.29 bits per heavy atom. The lowest BCUT2D eigenvalue weighted by atomic mass is 10.0. The molecular weight excluding hydrogens is 292 g/mol. The van der Waals surface area contributed by atoms with Crippen molar-refractivity contribution in [3.63, 3.8) is 0 Å². The van der Waals surface area contributed by atoms with E-state index in [-0.39, 0.29) is 6.79 Å². The molecular formula is C16H15ClO4. The number of rotatable bonds is 4. The van der Waals surface area contributed by atoms with Gasteiger partial charge in [0.05, 0.1) is 18.2 Å². The van der Waals surface area contributed by atoms with Gasteiger partial charge in [0, 0.05) is 6.42 Å². The minimum Gasteiger partial charge on any atom is -0.497 e. The van der Waals surface area contributed by atoms with Crippen molar-refractivity contribution in [3.05, 3.63) is 52.5 Å². The Hall–Kier alpha value is -1.91. The number of methoxy groups -OCH3 is 1. The van der Waals surface area contributed by atoms with Crippen molar-refractivity contribution in [2.24, 2.45) is 0 Å². The van der Waals surface area contributed by atoms with E-state index in [2.05, 4.69) is 0 Å². The van der Waals surface area contributed by atoms with E-state index >= 15 is 0 Å². The Kier molecular flexibility index (Phi) is 3.90. The van der Waals surface area contributed by atoms with E-state index in [0.29, 0.717) is 28.5 Å². The third kappa shape index (κ3) is 2.91. The monoisotopic (exact) mass is 306 g/mol. The lowest BCUT2D eigenvalue weighted by molar-refractivity contribution is 0.171. The lowest BCUT2D eigenvalue weighted by Crippen LogP contribution is -2.02. The normalized spacial score (nSPS) is 14.0. The van der Waals surface area contributed by atoms with Crippen LogP contribution in [0.25, 0.3) is 0 Å². The number of ether oxygens (including phenoxy) is 3. The zero-order valence-corrected chi connectivity index (χ0v) is 12.3. The van der Waals surface area contributed by atoms with E-state index < -0.39 is 6.10 Å². The van der Waals surface area contributed by atoms with Crippen LogP contribution in [0.15, 0.2) is 36.4 Å². The zero-order valence-electron chi connectivity index (χ0n) is 11.5. The van der Waals surface area contributed by atoms with Gasteiger partial charge >= 0.3 is 0 Å². The molecule has 0 saturated heterocycles. The lowest BCUT2D eigenvalue weighted by Gasteiger charge is -2.13. The highest BCUT2D eigenvalue weighted by atomic mass is 35.5. The molecule has 0 bridgehead atoms. The Morgan fingerprint density at radius 2 is 2.14 bits per heavy atom. The molecule has 1 atom stereocenters. The van der Waals surface area contributed by atoms with Crippen LogP contribution >= 0.6 is 11.6 Å². The number of benzene rings is 2. The average molecular weight is 307 g/mol. The van der Waals surface area contributed by atoms with Gasteiger partial charge in [-0.3, -0.25) is 0 Å². The van der Waals surface area contributed by atoms with Gasteiger partial charge < -0.3 is 19.3 Å². The van der Waals surface area contributed by atoms with Gasteiger partial charge in [0.2, 0.25) is 6.79 Å². The predicted octanol–water partition coefficient (Wildman–Crippen LogP) is 3.35. The van der Waals surface area contributed by atoms with Crippen LogP contribution in [-0.4, -0.2) is 19.0 Å². The second kappa shape index (κ2) is 5.84. The third-order valence-corrected chi connectivity index (χ3v) is 3.68. The maximum atomic E-state index is 10.4. The van der Waals surface area contributed by atoms with Gasteiger partial charge in [0.25, 0.3) is 0 Å². The van der Waals surface area contributed by atoms with Crippen LogP contribution < -0.4 is 14.2 Å². The first-order valence-electron chi connectivity index (χ1n) is 6.57. The average Bonchev–Trinajstić information content (AvgIpc) is 2.96. The van der Waals surface area contributed by atoms with E-state index in [1.54, 1.807) is 19.2 Å². The summed E-state index contributed by atoms with van der Waals surface area (Å²) in [6.45, 7) is 0.157. The number of aliphatic hydroxyl groups is 1. The second-order valence-electron chi connectivity index (χ2n) is 4.81. The van der Waals surface area contributed by atoms with Gasteiger partial charge in [-0.1, -0.05) is 23.7 Å². The molecule has 0 saturated carbocycles. The molecule has 0 aliphatic carbocycles. The molecule has 0 spiro atoms. The van der Waals surface area contributed by atoms with E-state index in [1.165, 1.54) is 0 Å². The van der Waals surface area contributed by atoms with Crippen LogP contribution in [0.1, 0.15) is 17.2 Å². The van der Waals surface area contributed by atoms with Crippen molar-refractivity contribution in [2.75, 3.05) is 13.9 Å². The molecule has 110 valence electrons. The fourth-order valence-electron chi connectivity index (χ4n) is 2.32.